The summed E-state index contributed by atoms with van der Waals surface area (Å²) in [4.78, 5) is 49.4. The molecule has 0 bridgehead atoms. The summed E-state index contributed by atoms with van der Waals surface area (Å²) in [5.74, 6) is -0.580. The zero-order valence-electron chi connectivity index (χ0n) is 16.5. The van der Waals surface area contributed by atoms with Gasteiger partial charge in [0.25, 0.3) is 11.8 Å². The number of alkyl carbamates (subject to hydrolysis) is 1. The summed E-state index contributed by atoms with van der Waals surface area (Å²) >= 11 is 1.36. The fourth-order valence-corrected chi connectivity index (χ4v) is 4.72. The van der Waals surface area contributed by atoms with Crippen LogP contribution < -0.4 is 10.6 Å². The molecule has 2 aromatic rings. The van der Waals surface area contributed by atoms with Crippen molar-refractivity contribution in [3.8, 4) is 0 Å². The maximum atomic E-state index is 12.7. The molecule has 1 aliphatic carbocycles. The van der Waals surface area contributed by atoms with E-state index in [2.05, 4.69) is 22.3 Å². The van der Waals surface area contributed by atoms with Crippen molar-refractivity contribution in [2.45, 2.75) is 33.1 Å². The maximum absolute atomic E-state index is 12.7. The van der Waals surface area contributed by atoms with Gasteiger partial charge in [0.15, 0.2) is 5.78 Å². The minimum atomic E-state index is -0.851. The fraction of sp³-hybridized carbons (Fsp3) is 0.333. The number of rotatable bonds is 4. The lowest BCUT2D eigenvalue weighted by atomic mass is 9.88. The molecule has 152 valence electrons. The topological polar surface area (TPSA) is 102 Å². The van der Waals surface area contributed by atoms with Crippen molar-refractivity contribution in [2.24, 2.45) is 5.92 Å². The van der Waals surface area contributed by atoms with Crippen molar-refractivity contribution in [2.75, 3.05) is 12.4 Å². The summed E-state index contributed by atoms with van der Waals surface area (Å²) in [5.41, 5.74) is 2.07. The smallest absolute Gasteiger partial charge is 0.413 e. The molecule has 1 atom stereocenters. The van der Waals surface area contributed by atoms with Crippen LogP contribution in [0, 0.1) is 5.92 Å². The number of imide groups is 1. The van der Waals surface area contributed by atoms with Gasteiger partial charge < -0.3 is 10.1 Å². The van der Waals surface area contributed by atoms with Gasteiger partial charge in [-0.1, -0.05) is 19.1 Å². The Labute approximate surface area is 172 Å². The monoisotopic (exact) mass is 414 g/mol. The normalized spacial score (nSPS) is 15.2. The molecule has 7 nitrogen and oxygen atoms in total. The van der Waals surface area contributed by atoms with Crippen molar-refractivity contribution in [3.63, 3.8) is 0 Å². The van der Waals surface area contributed by atoms with Gasteiger partial charge >= 0.3 is 6.09 Å². The number of amides is 3. The zero-order chi connectivity index (χ0) is 21.1. The number of hydrogen-bond acceptors (Lipinski definition) is 6. The van der Waals surface area contributed by atoms with Crippen LogP contribution in [0.25, 0.3) is 0 Å². The van der Waals surface area contributed by atoms with E-state index >= 15 is 0 Å². The number of carbonyl (C=O) groups excluding carboxylic acids is 4. The lowest BCUT2D eigenvalue weighted by Gasteiger charge is -2.18. The van der Waals surface area contributed by atoms with Crippen LogP contribution in [0.1, 0.15) is 61.8 Å². The van der Waals surface area contributed by atoms with E-state index in [0.29, 0.717) is 34.0 Å². The number of hydrogen-bond donors (Lipinski definition) is 2. The predicted octanol–water partition coefficient (Wildman–Crippen LogP) is 3.82. The molecule has 3 amide bonds. The maximum Gasteiger partial charge on any atom is 0.413 e. The third kappa shape index (κ3) is 4.54. The van der Waals surface area contributed by atoms with E-state index in [9.17, 15) is 19.2 Å². The highest BCUT2D eigenvalue weighted by atomic mass is 32.1. The van der Waals surface area contributed by atoms with Crippen LogP contribution in [-0.2, 0) is 17.6 Å². The number of anilines is 1. The first-order valence-corrected chi connectivity index (χ1v) is 10.1. The molecule has 1 aromatic carbocycles. The first-order valence-electron chi connectivity index (χ1n) is 9.26. The van der Waals surface area contributed by atoms with Crippen molar-refractivity contribution in [1.82, 2.24) is 5.32 Å². The highest BCUT2D eigenvalue weighted by Crippen LogP contribution is 2.39. The van der Waals surface area contributed by atoms with E-state index in [1.807, 2.05) is 0 Å². The van der Waals surface area contributed by atoms with Gasteiger partial charge in [0.1, 0.15) is 5.00 Å². The molecule has 3 rings (SSSR count). The average Bonchev–Trinajstić information content (AvgIpc) is 3.04. The second kappa shape index (κ2) is 8.57. The summed E-state index contributed by atoms with van der Waals surface area (Å²) in [5, 5.41) is 5.39. The van der Waals surface area contributed by atoms with Crippen LogP contribution in [0.2, 0.25) is 0 Å². The van der Waals surface area contributed by atoms with Crippen LogP contribution in [0.15, 0.2) is 24.3 Å². The lowest BCUT2D eigenvalue weighted by molar-refractivity contribution is 0.0935. The van der Waals surface area contributed by atoms with Crippen LogP contribution in [0.3, 0.4) is 0 Å². The summed E-state index contributed by atoms with van der Waals surface area (Å²) in [6.07, 6.45) is 1.61. The highest BCUT2D eigenvalue weighted by molar-refractivity contribution is 7.17. The minimum absolute atomic E-state index is 0.0845. The number of ether oxygens (including phenoxy) is 1. The number of Topliss-reactive ketones (excluding diaryl/α,β-unsaturated/α-hetero) is 1. The van der Waals surface area contributed by atoms with Gasteiger partial charge in [0.05, 0.1) is 12.7 Å². The van der Waals surface area contributed by atoms with Gasteiger partial charge in [0.2, 0.25) is 0 Å². The number of nitrogens with one attached hydrogen (secondary N) is 2. The number of methoxy groups -OCH3 is 1. The molecule has 0 unspecified atom stereocenters. The average molecular weight is 414 g/mol. The zero-order valence-corrected chi connectivity index (χ0v) is 17.3. The predicted molar refractivity (Wildman–Crippen MR) is 110 cm³/mol. The van der Waals surface area contributed by atoms with E-state index in [1.165, 1.54) is 25.4 Å². The SMILES string of the molecule is COC(=O)NC(=O)c1c(NC(=O)c2ccc(C(C)=O)cc2)sc2c1CC[C@H](C)C2. The van der Waals surface area contributed by atoms with Gasteiger partial charge in [0, 0.05) is 16.0 Å². The second-order valence-corrected chi connectivity index (χ2v) is 8.19. The molecule has 0 radical (unpaired) electrons. The first-order chi connectivity index (χ1) is 13.8. The Morgan fingerprint density at radius 2 is 1.72 bits per heavy atom. The van der Waals surface area contributed by atoms with Crippen molar-refractivity contribution < 1.29 is 23.9 Å². The number of thiophene rings is 1. The molecule has 29 heavy (non-hydrogen) atoms. The van der Waals surface area contributed by atoms with Crippen LogP contribution >= 0.6 is 11.3 Å². The molecule has 2 N–H and O–H groups in total. The van der Waals surface area contributed by atoms with E-state index in [1.54, 1.807) is 24.3 Å². The molecule has 8 heteroatoms. The second-order valence-electron chi connectivity index (χ2n) is 7.09. The summed E-state index contributed by atoms with van der Waals surface area (Å²) in [6, 6.07) is 6.30. The number of carbonyl (C=O) groups is 4. The van der Waals surface area contributed by atoms with Gasteiger partial charge in [-0.15, -0.1) is 11.3 Å². The minimum Gasteiger partial charge on any atom is -0.453 e. The Morgan fingerprint density at radius 3 is 2.34 bits per heavy atom. The third-order valence-corrected chi connectivity index (χ3v) is 6.09. The fourth-order valence-electron chi connectivity index (χ4n) is 3.32. The molecule has 0 saturated heterocycles. The standard InChI is InChI=1S/C21H22N2O5S/c1-11-4-9-15-16(10-11)29-20(17(15)19(26)23-21(27)28-3)22-18(25)14-7-5-13(6-8-14)12(2)24/h5-8,11H,4,9-10H2,1-3H3,(H,22,25)(H,23,26,27)/t11-/m0/s1. The van der Waals surface area contributed by atoms with Gasteiger partial charge in [-0.05, 0) is 49.8 Å². The van der Waals surface area contributed by atoms with Crippen LogP contribution in [0.5, 0.6) is 0 Å². The van der Waals surface area contributed by atoms with Gasteiger partial charge in [-0.25, -0.2) is 4.79 Å². The van der Waals surface area contributed by atoms with E-state index in [4.69, 9.17) is 0 Å². The van der Waals surface area contributed by atoms with Crippen LogP contribution in [0.4, 0.5) is 9.80 Å². The molecule has 0 saturated carbocycles. The summed E-state index contributed by atoms with van der Waals surface area (Å²) in [6.45, 7) is 3.60. The van der Waals surface area contributed by atoms with Crippen molar-refractivity contribution in [1.29, 1.82) is 0 Å². The molecular weight excluding hydrogens is 392 g/mol. The number of ketones is 1. The Morgan fingerprint density at radius 1 is 1.07 bits per heavy atom. The number of fused-ring (bicyclic) bond motifs is 1. The summed E-state index contributed by atoms with van der Waals surface area (Å²) in [7, 11) is 1.18. The van der Waals surface area contributed by atoms with Crippen molar-refractivity contribution in [3.05, 3.63) is 51.4 Å². The lowest BCUT2D eigenvalue weighted by Crippen LogP contribution is -2.31. The molecule has 1 heterocycles. The molecular formula is C21H22N2O5S. The molecule has 1 aliphatic rings. The van der Waals surface area contributed by atoms with E-state index < -0.39 is 12.0 Å². The van der Waals surface area contributed by atoms with E-state index in [0.717, 1.165) is 23.3 Å². The molecule has 0 fully saturated rings. The van der Waals surface area contributed by atoms with E-state index in [-0.39, 0.29) is 11.7 Å². The first kappa shape index (κ1) is 20.7. The van der Waals surface area contributed by atoms with Gasteiger partial charge in [-0.3, -0.25) is 19.7 Å². The quantitative estimate of drug-likeness (QED) is 0.741. The Bertz CT molecular complexity index is 978. The Kier molecular flexibility index (Phi) is 6.12. The summed E-state index contributed by atoms with van der Waals surface area (Å²) < 4.78 is 4.52. The van der Waals surface area contributed by atoms with Crippen molar-refractivity contribution >= 4 is 40.0 Å². The molecule has 0 aliphatic heterocycles. The molecule has 1 aromatic heterocycles. The number of benzene rings is 1. The van der Waals surface area contributed by atoms with Crippen LogP contribution in [-0.4, -0.2) is 30.8 Å². The third-order valence-electron chi connectivity index (χ3n) is 4.92. The Hall–Kier alpha value is -3.00. The van der Waals surface area contributed by atoms with Gasteiger partial charge in [-0.2, -0.15) is 0 Å². The highest BCUT2D eigenvalue weighted by Gasteiger charge is 2.29. The largest absolute Gasteiger partial charge is 0.453 e. The molecule has 0 spiro atoms. The Balaban J connectivity index is 1.91.